The summed E-state index contributed by atoms with van der Waals surface area (Å²) in [5.41, 5.74) is 1.08. The van der Waals surface area contributed by atoms with Crippen LogP contribution < -0.4 is 0 Å². The van der Waals surface area contributed by atoms with Gasteiger partial charge in [0.05, 0.1) is 12.5 Å². The Kier molecular flexibility index (Phi) is 2.91. The maximum atomic E-state index is 11.4. The normalized spacial score (nSPS) is 23.6. The molecule has 3 nitrogen and oxygen atoms in total. The van der Waals surface area contributed by atoms with Crippen molar-refractivity contribution in [2.24, 2.45) is 5.92 Å². The van der Waals surface area contributed by atoms with E-state index in [1.54, 1.807) is 6.20 Å². The molecule has 80 valence electrons. The highest BCUT2D eigenvalue weighted by atomic mass is 35.5. The van der Waals surface area contributed by atoms with Crippen LogP contribution in [0.25, 0.3) is 0 Å². The third-order valence-electron chi connectivity index (χ3n) is 2.56. The number of nitrogens with zero attached hydrogens (tertiary/aromatic N) is 1. The lowest BCUT2D eigenvalue weighted by atomic mass is 10.1. The highest BCUT2D eigenvalue weighted by molar-refractivity contribution is 6.29. The molecule has 2 rings (SSSR count). The summed E-state index contributed by atoms with van der Waals surface area (Å²) < 4.78 is 4.96. The molecule has 2 unspecified atom stereocenters. The lowest BCUT2D eigenvalue weighted by Gasteiger charge is -2.01. The van der Waals surface area contributed by atoms with Crippen molar-refractivity contribution < 1.29 is 9.53 Å². The molecule has 0 amide bonds. The zero-order valence-corrected chi connectivity index (χ0v) is 9.20. The van der Waals surface area contributed by atoms with E-state index in [0.717, 1.165) is 12.0 Å². The largest absolute Gasteiger partial charge is 0.466 e. The molecule has 0 bridgehead atoms. The SMILES string of the molecule is CCOC(=O)C1CC1c1ccnc(Cl)c1. The molecule has 0 saturated heterocycles. The van der Waals surface area contributed by atoms with Crippen LogP contribution in [0.1, 0.15) is 24.8 Å². The predicted octanol–water partition coefficient (Wildman–Crippen LogP) is 2.40. The number of esters is 1. The van der Waals surface area contributed by atoms with Crippen LogP contribution >= 0.6 is 11.6 Å². The number of rotatable bonds is 3. The Morgan fingerprint density at radius 3 is 3.20 bits per heavy atom. The van der Waals surface area contributed by atoms with Gasteiger partial charge in [-0.25, -0.2) is 4.98 Å². The lowest BCUT2D eigenvalue weighted by Crippen LogP contribution is -2.07. The van der Waals surface area contributed by atoms with Crippen LogP contribution in [-0.4, -0.2) is 17.6 Å². The summed E-state index contributed by atoms with van der Waals surface area (Å²) in [6.07, 6.45) is 2.53. The van der Waals surface area contributed by atoms with Gasteiger partial charge in [-0.3, -0.25) is 4.79 Å². The van der Waals surface area contributed by atoms with Crippen molar-refractivity contribution in [1.29, 1.82) is 0 Å². The Morgan fingerprint density at radius 1 is 1.73 bits per heavy atom. The van der Waals surface area contributed by atoms with Crippen LogP contribution in [-0.2, 0) is 9.53 Å². The summed E-state index contributed by atoms with van der Waals surface area (Å²) in [5, 5.41) is 0.474. The van der Waals surface area contributed by atoms with Crippen molar-refractivity contribution in [2.45, 2.75) is 19.3 Å². The van der Waals surface area contributed by atoms with E-state index in [0.29, 0.717) is 11.8 Å². The summed E-state index contributed by atoms with van der Waals surface area (Å²) in [6, 6.07) is 3.71. The first-order valence-corrected chi connectivity index (χ1v) is 5.38. The van der Waals surface area contributed by atoms with E-state index in [2.05, 4.69) is 4.98 Å². The van der Waals surface area contributed by atoms with Crippen LogP contribution in [0.3, 0.4) is 0 Å². The Bertz CT molecular complexity index is 381. The molecular formula is C11H12ClNO2. The molecule has 0 radical (unpaired) electrons. The topological polar surface area (TPSA) is 39.2 Å². The first-order chi connectivity index (χ1) is 7.22. The Labute approximate surface area is 93.4 Å². The van der Waals surface area contributed by atoms with Gasteiger partial charge in [-0.1, -0.05) is 11.6 Å². The molecule has 0 N–H and O–H groups in total. The summed E-state index contributed by atoms with van der Waals surface area (Å²) in [5.74, 6) is 0.184. The zero-order valence-electron chi connectivity index (χ0n) is 8.44. The fourth-order valence-electron chi connectivity index (χ4n) is 1.72. The molecule has 0 spiro atoms. The average molecular weight is 226 g/mol. The summed E-state index contributed by atoms with van der Waals surface area (Å²) >= 11 is 5.78. The van der Waals surface area contributed by atoms with E-state index in [4.69, 9.17) is 16.3 Å². The predicted molar refractivity (Wildman–Crippen MR) is 56.7 cm³/mol. The lowest BCUT2D eigenvalue weighted by molar-refractivity contribution is -0.144. The van der Waals surface area contributed by atoms with Crippen LogP contribution in [0.4, 0.5) is 0 Å². The van der Waals surface area contributed by atoms with Gasteiger partial charge in [-0.15, -0.1) is 0 Å². The third-order valence-corrected chi connectivity index (χ3v) is 2.77. The number of pyridine rings is 1. The molecule has 1 heterocycles. The van der Waals surface area contributed by atoms with Gasteiger partial charge < -0.3 is 4.74 Å². The average Bonchev–Trinajstić information content (AvgIpc) is 2.97. The second kappa shape index (κ2) is 4.19. The molecule has 1 aliphatic rings. The number of hydrogen-bond donors (Lipinski definition) is 0. The number of carbonyl (C=O) groups excluding carboxylic acids is 1. The number of halogens is 1. The van der Waals surface area contributed by atoms with E-state index in [1.807, 2.05) is 19.1 Å². The van der Waals surface area contributed by atoms with Crippen molar-refractivity contribution in [3.05, 3.63) is 29.0 Å². The minimum absolute atomic E-state index is 0.0171. The monoisotopic (exact) mass is 225 g/mol. The van der Waals surface area contributed by atoms with Crippen LogP contribution in [0.5, 0.6) is 0 Å². The maximum absolute atomic E-state index is 11.4. The van der Waals surface area contributed by atoms with Crippen molar-refractivity contribution in [3.8, 4) is 0 Å². The van der Waals surface area contributed by atoms with Gasteiger partial charge in [-0.05, 0) is 37.0 Å². The highest BCUT2D eigenvalue weighted by Crippen LogP contribution is 2.48. The van der Waals surface area contributed by atoms with Crippen LogP contribution in [0.2, 0.25) is 5.15 Å². The number of aromatic nitrogens is 1. The Morgan fingerprint density at radius 2 is 2.53 bits per heavy atom. The van der Waals surface area contributed by atoms with Gasteiger partial charge in [0, 0.05) is 6.20 Å². The minimum Gasteiger partial charge on any atom is -0.466 e. The van der Waals surface area contributed by atoms with Gasteiger partial charge in [0.1, 0.15) is 5.15 Å². The molecule has 1 saturated carbocycles. The van der Waals surface area contributed by atoms with Crippen molar-refractivity contribution in [2.75, 3.05) is 6.61 Å². The molecule has 1 fully saturated rings. The molecule has 1 aliphatic carbocycles. The molecule has 0 aromatic carbocycles. The van der Waals surface area contributed by atoms with Crippen LogP contribution in [0.15, 0.2) is 18.3 Å². The van der Waals surface area contributed by atoms with Crippen molar-refractivity contribution in [3.63, 3.8) is 0 Å². The number of carbonyl (C=O) groups is 1. The quantitative estimate of drug-likeness (QED) is 0.586. The zero-order chi connectivity index (χ0) is 10.8. The first kappa shape index (κ1) is 10.4. The number of hydrogen-bond acceptors (Lipinski definition) is 3. The van der Waals surface area contributed by atoms with Gasteiger partial charge in [0.25, 0.3) is 0 Å². The second-order valence-electron chi connectivity index (χ2n) is 3.61. The number of ether oxygens (including phenoxy) is 1. The van der Waals surface area contributed by atoms with E-state index in [1.165, 1.54) is 0 Å². The fourth-order valence-corrected chi connectivity index (χ4v) is 1.90. The molecule has 1 aromatic rings. The molecule has 0 aliphatic heterocycles. The van der Waals surface area contributed by atoms with Gasteiger partial charge in [-0.2, -0.15) is 0 Å². The summed E-state index contributed by atoms with van der Waals surface area (Å²) in [6.45, 7) is 2.26. The van der Waals surface area contributed by atoms with E-state index in [9.17, 15) is 4.79 Å². The van der Waals surface area contributed by atoms with Crippen LogP contribution in [0, 0.1) is 5.92 Å². The third kappa shape index (κ3) is 2.29. The minimum atomic E-state index is -0.101. The standard InChI is InChI=1S/C11H12ClNO2/c1-2-15-11(14)9-6-8(9)7-3-4-13-10(12)5-7/h3-5,8-9H,2,6H2,1H3. The highest BCUT2D eigenvalue weighted by Gasteiger charge is 2.45. The molecule has 1 aromatic heterocycles. The van der Waals surface area contributed by atoms with E-state index >= 15 is 0 Å². The van der Waals surface area contributed by atoms with Gasteiger partial charge >= 0.3 is 5.97 Å². The van der Waals surface area contributed by atoms with Gasteiger partial charge in [0.15, 0.2) is 0 Å². The van der Waals surface area contributed by atoms with Crippen molar-refractivity contribution >= 4 is 17.6 Å². The smallest absolute Gasteiger partial charge is 0.309 e. The molecule has 4 heteroatoms. The first-order valence-electron chi connectivity index (χ1n) is 5.00. The van der Waals surface area contributed by atoms with Crippen molar-refractivity contribution in [1.82, 2.24) is 4.98 Å². The molecule has 2 atom stereocenters. The fraction of sp³-hybridized carbons (Fsp3) is 0.455. The maximum Gasteiger partial charge on any atom is 0.309 e. The van der Waals surface area contributed by atoms with E-state index in [-0.39, 0.29) is 17.8 Å². The Hall–Kier alpha value is -1.09. The Balaban J connectivity index is 2.01. The molecular weight excluding hydrogens is 214 g/mol. The van der Waals surface area contributed by atoms with E-state index < -0.39 is 0 Å². The van der Waals surface area contributed by atoms with Gasteiger partial charge in [0.2, 0.25) is 0 Å². The second-order valence-corrected chi connectivity index (χ2v) is 4.00. The summed E-state index contributed by atoms with van der Waals surface area (Å²) in [4.78, 5) is 15.3. The summed E-state index contributed by atoms with van der Waals surface area (Å²) in [7, 11) is 0. The molecule has 15 heavy (non-hydrogen) atoms.